The summed E-state index contributed by atoms with van der Waals surface area (Å²) in [7, 11) is 1.56. The molecule has 29 heavy (non-hydrogen) atoms. The number of rotatable bonds is 9. The van der Waals surface area contributed by atoms with Gasteiger partial charge in [-0.05, 0) is 24.3 Å². The van der Waals surface area contributed by atoms with E-state index in [2.05, 4.69) is 21.2 Å². The average Bonchev–Trinajstić information content (AvgIpc) is 2.73. The normalized spacial score (nSPS) is 10.3. The van der Waals surface area contributed by atoms with Crippen LogP contribution in [-0.2, 0) is 9.53 Å². The number of ether oxygens (including phenoxy) is 3. The molecule has 148 valence electrons. The molecule has 0 bridgehead atoms. The molecule has 0 saturated heterocycles. The zero-order valence-corrected chi connectivity index (χ0v) is 15.7. The number of methoxy groups -OCH3 is 1. The van der Waals surface area contributed by atoms with Gasteiger partial charge in [0, 0.05) is 29.8 Å². The van der Waals surface area contributed by atoms with Crippen molar-refractivity contribution in [3.05, 3.63) is 48.3 Å². The lowest BCUT2D eigenvalue weighted by molar-refractivity contribution is -0.139. The summed E-state index contributed by atoms with van der Waals surface area (Å²) in [6, 6.07) is 10.7. The number of hydrogen-bond acceptors (Lipinski definition) is 7. The summed E-state index contributed by atoms with van der Waals surface area (Å²) in [5.74, 6) is 2.68. The number of benzene rings is 2. The van der Waals surface area contributed by atoms with Crippen molar-refractivity contribution in [3.8, 4) is 23.8 Å². The summed E-state index contributed by atoms with van der Waals surface area (Å²) in [6.07, 6.45) is 6.87. The van der Waals surface area contributed by atoms with Crippen LogP contribution >= 0.6 is 0 Å². The summed E-state index contributed by atoms with van der Waals surface area (Å²) in [5.41, 5.74) is 2.07. The lowest BCUT2D eigenvalue weighted by Crippen LogP contribution is -2.11. The van der Waals surface area contributed by atoms with Gasteiger partial charge in [-0.3, -0.25) is 0 Å². The smallest absolute Gasteiger partial charge is 0.341 e. The van der Waals surface area contributed by atoms with Gasteiger partial charge in [0.2, 0.25) is 0 Å². The van der Waals surface area contributed by atoms with Crippen LogP contribution in [0.3, 0.4) is 0 Å². The molecule has 8 nitrogen and oxygen atoms in total. The number of carboxylic acids is 1. The summed E-state index contributed by atoms with van der Waals surface area (Å²) >= 11 is 0. The summed E-state index contributed by atoms with van der Waals surface area (Å²) < 4.78 is 16.1. The van der Waals surface area contributed by atoms with Gasteiger partial charge < -0.3 is 24.6 Å². The van der Waals surface area contributed by atoms with Gasteiger partial charge in [0.05, 0.1) is 12.1 Å². The van der Waals surface area contributed by atoms with Crippen molar-refractivity contribution in [3.63, 3.8) is 0 Å². The molecule has 0 unspecified atom stereocenters. The number of carbonyl (C=O) groups is 1. The van der Waals surface area contributed by atoms with Crippen molar-refractivity contribution in [1.82, 2.24) is 9.97 Å². The third kappa shape index (κ3) is 5.12. The molecule has 3 aromatic rings. The molecular formula is C21H19N3O5. The van der Waals surface area contributed by atoms with Crippen molar-refractivity contribution in [2.24, 2.45) is 0 Å². The molecule has 0 fully saturated rings. The molecule has 0 aliphatic carbocycles. The van der Waals surface area contributed by atoms with Crippen LogP contribution in [0.4, 0.5) is 11.5 Å². The zero-order valence-electron chi connectivity index (χ0n) is 15.7. The van der Waals surface area contributed by atoms with Crippen LogP contribution in [0.15, 0.2) is 42.7 Å². The third-order valence-corrected chi connectivity index (χ3v) is 3.89. The third-order valence-electron chi connectivity index (χ3n) is 3.89. The Morgan fingerprint density at radius 1 is 1.17 bits per heavy atom. The molecule has 0 saturated carbocycles. The van der Waals surface area contributed by atoms with E-state index in [0.717, 1.165) is 11.3 Å². The highest BCUT2D eigenvalue weighted by molar-refractivity contribution is 5.93. The first-order chi connectivity index (χ1) is 14.1. The molecule has 0 amide bonds. The van der Waals surface area contributed by atoms with Gasteiger partial charge in [0.25, 0.3) is 0 Å². The maximum Gasteiger partial charge on any atom is 0.341 e. The number of nitrogens with one attached hydrogen (secondary N) is 1. The van der Waals surface area contributed by atoms with Gasteiger partial charge in [-0.25, -0.2) is 14.8 Å². The Labute approximate surface area is 167 Å². The Morgan fingerprint density at radius 3 is 2.76 bits per heavy atom. The lowest BCUT2D eigenvalue weighted by Gasteiger charge is -2.14. The number of aromatic nitrogens is 2. The van der Waals surface area contributed by atoms with Gasteiger partial charge in [-0.1, -0.05) is 12.0 Å². The van der Waals surface area contributed by atoms with Crippen LogP contribution in [0.5, 0.6) is 11.5 Å². The fourth-order valence-corrected chi connectivity index (χ4v) is 2.59. The predicted molar refractivity (Wildman–Crippen MR) is 108 cm³/mol. The first kappa shape index (κ1) is 19.9. The molecule has 3 rings (SSSR count). The predicted octanol–water partition coefficient (Wildman–Crippen LogP) is 2.84. The fraction of sp³-hybridized carbons (Fsp3) is 0.190. The molecule has 1 aromatic heterocycles. The second kappa shape index (κ2) is 9.39. The van der Waals surface area contributed by atoms with E-state index in [1.54, 1.807) is 19.2 Å². The first-order valence-corrected chi connectivity index (χ1v) is 8.69. The average molecular weight is 393 g/mol. The van der Waals surface area contributed by atoms with E-state index in [1.165, 1.54) is 6.33 Å². The van der Waals surface area contributed by atoms with Gasteiger partial charge >= 0.3 is 5.97 Å². The number of anilines is 2. The molecule has 8 heteroatoms. The molecule has 0 atom stereocenters. The van der Waals surface area contributed by atoms with Crippen LogP contribution in [0.2, 0.25) is 0 Å². The Morgan fingerprint density at radius 2 is 2.00 bits per heavy atom. The van der Waals surface area contributed by atoms with E-state index in [1.807, 2.05) is 24.3 Å². The maximum absolute atomic E-state index is 10.9. The highest BCUT2D eigenvalue weighted by Crippen LogP contribution is 2.35. The number of carboxylic acid groups (broad SMARTS) is 1. The van der Waals surface area contributed by atoms with Crippen LogP contribution in [0.25, 0.3) is 10.9 Å². The Kier molecular flexibility index (Phi) is 6.45. The zero-order chi connectivity index (χ0) is 20.6. The molecule has 2 aromatic carbocycles. The summed E-state index contributed by atoms with van der Waals surface area (Å²) in [4.78, 5) is 19.4. The second-order valence-electron chi connectivity index (χ2n) is 5.91. The number of terminal acetylenes is 1. The molecule has 0 aliphatic heterocycles. The minimum absolute atomic E-state index is 0.270. The second-order valence-corrected chi connectivity index (χ2v) is 5.91. The quantitative estimate of drug-likeness (QED) is 0.423. The number of hydrogen-bond donors (Lipinski definition) is 2. The molecule has 0 spiro atoms. The van der Waals surface area contributed by atoms with Crippen molar-refractivity contribution >= 4 is 28.4 Å². The Bertz CT molecular complexity index is 1060. The minimum atomic E-state index is -1.09. The summed E-state index contributed by atoms with van der Waals surface area (Å²) in [5, 5.41) is 12.8. The summed E-state index contributed by atoms with van der Waals surface area (Å²) in [6.45, 7) is 0.138. The largest absolute Gasteiger partial charge is 0.487 e. The van der Waals surface area contributed by atoms with Crippen LogP contribution in [0.1, 0.15) is 5.56 Å². The van der Waals surface area contributed by atoms with E-state index in [9.17, 15) is 4.79 Å². The van der Waals surface area contributed by atoms with E-state index < -0.39 is 12.6 Å². The Balaban J connectivity index is 1.99. The Hall–Kier alpha value is -3.83. The van der Waals surface area contributed by atoms with E-state index >= 15 is 0 Å². The van der Waals surface area contributed by atoms with Gasteiger partial charge in [0.15, 0.2) is 18.1 Å². The van der Waals surface area contributed by atoms with Gasteiger partial charge in [0.1, 0.15) is 18.8 Å². The van der Waals surface area contributed by atoms with Crippen molar-refractivity contribution < 1.29 is 24.1 Å². The van der Waals surface area contributed by atoms with Crippen molar-refractivity contribution in [1.29, 1.82) is 0 Å². The highest BCUT2D eigenvalue weighted by Gasteiger charge is 2.14. The van der Waals surface area contributed by atoms with E-state index in [0.29, 0.717) is 29.1 Å². The standard InChI is InChI=1S/C21H19N3O5/c1-3-14-5-4-6-15(9-14)24-21-16-10-18(28-8-7-27-2)19(29-12-20(25)26)11-17(16)22-13-23-21/h1,4-6,9-11,13H,7-8,12H2,2H3,(H,25,26)(H,22,23,24). The van der Waals surface area contributed by atoms with Crippen LogP contribution < -0.4 is 14.8 Å². The molecular weight excluding hydrogens is 374 g/mol. The molecule has 0 radical (unpaired) electrons. The number of nitrogens with zero attached hydrogens (tertiary/aromatic N) is 2. The molecule has 0 aliphatic rings. The molecule has 1 heterocycles. The lowest BCUT2D eigenvalue weighted by atomic mass is 10.2. The van der Waals surface area contributed by atoms with Crippen molar-refractivity contribution in [2.45, 2.75) is 0 Å². The monoisotopic (exact) mass is 393 g/mol. The number of aliphatic carboxylic acids is 1. The van der Waals surface area contributed by atoms with Gasteiger partial charge in [-0.15, -0.1) is 6.42 Å². The van der Waals surface area contributed by atoms with E-state index in [-0.39, 0.29) is 12.4 Å². The van der Waals surface area contributed by atoms with Crippen LogP contribution in [-0.4, -0.2) is 48.0 Å². The maximum atomic E-state index is 10.9. The SMILES string of the molecule is C#Cc1cccc(Nc2ncnc3cc(OCC(=O)O)c(OCCOC)cc23)c1. The van der Waals surface area contributed by atoms with E-state index in [4.69, 9.17) is 25.7 Å². The topological polar surface area (TPSA) is 103 Å². The number of fused-ring (bicyclic) bond motifs is 1. The molecule has 2 N–H and O–H groups in total. The fourth-order valence-electron chi connectivity index (χ4n) is 2.59. The minimum Gasteiger partial charge on any atom is -0.487 e. The first-order valence-electron chi connectivity index (χ1n) is 8.69. The van der Waals surface area contributed by atoms with Gasteiger partial charge in [-0.2, -0.15) is 0 Å². The highest BCUT2D eigenvalue weighted by atomic mass is 16.5. The van der Waals surface area contributed by atoms with Crippen LogP contribution in [0, 0.1) is 12.3 Å². The van der Waals surface area contributed by atoms with Crippen molar-refractivity contribution in [2.75, 3.05) is 32.2 Å².